The Morgan fingerprint density at radius 3 is 2.50 bits per heavy atom. The van der Waals surface area contributed by atoms with Gasteiger partial charge in [0.1, 0.15) is 0 Å². The van der Waals surface area contributed by atoms with Crippen molar-refractivity contribution in [2.75, 3.05) is 5.73 Å². The van der Waals surface area contributed by atoms with E-state index in [0.29, 0.717) is 17.8 Å². The van der Waals surface area contributed by atoms with E-state index in [4.69, 9.17) is 11.5 Å². The first kappa shape index (κ1) is 11.8. The van der Waals surface area contributed by atoms with Crippen molar-refractivity contribution in [1.29, 1.82) is 0 Å². The first-order valence-electron chi connectivity index (χ1n) is 5.27. The molecule has 0 radical (unpaired) electrons. The van der Waals surface area contributed by atoms with Crippen molar-refractivity contribution < 1.29 is 4.79 Å². The van der Waals surface area contributed by atoms with Crippen molar-refractivity contribution in [3.8, 4) is 0 Å². The normalized spacial score (nSPS) is 10.2. The molecule has 0 spiro atoms. The zero-order valence-electron chi connectivity index (χ0n) is 9.54. The van der Waals surface area contributed by atoms with Crippen LogP contribution in [0.3, 0.4) is 0 Å². The highest BCUT2D eigenvalue weighted by Crippen LogP contribution is 2.04. The number of hydrogen-bond donors (Lipinski definition) is 2. The highest BCUT2D eigenvalue weighted by atomic mass is 16.1. The van der Waals surface area contributed by atoms with E-state index in [-0.39, 0.29) is 5.56 Å². The standard InChI is InChI=1S/C12H12N4O2/c13-10-5-11(17)16(15-6-10)7-8-1-3-9(4-2-8)12(14)18/h1-6H,7,13H2,(H2,14,18). The summed E-state index contributed by atoms with van der Waals surface area (Å²) in [4.78, 5) is 22.5. The number of aromatic nitrogens is 2. The van der Waals surface area contributed by atoms with Gasteiger partial charge in [-0.05, 0) is 17.7 Å². The number of hydrogen-bond acceptors (Lipinski definition) is 4. The number of benzene rings is 1. The monoisotopic (exact) mass is 244 g/mol. The van der Waals surface area contributed by atoms with E-state index in [0.717, 1.165) is 5.56 Å². The van der Waals surface area contributed by atoms with Crippen molar-refractivity contribution in [2.24, 2.45) is 5.73 Å². The molecule has 0 bridgehead atoms. The molecule has 0 saturated carbocycles. The molecule has 2 rings (SSSR count). The van der Waals surface area contributed by atoms with Crippen LogP contribution >= 0.6 is 0 Å². The average molecular weight is 244 g/mol. The summed E-state index contributed by atoms with van der Waals surface area (Å²) in [6.07, 6.45) is 1.42. The van der Waals surface area contributed by atoms with Crippen LogP contribution < -0.4 is 17.0 Å². The van der Waals surface area contributed by atoms with Crippen LogP contribution in [0.2, 0.25) is 0 Å². The Morgan fingerprint density at radius 1 is 1.28 bits per heavy atom. The van der Waals surface area contributed by atoms with Gasteiger partial charge in [0.2, 0.25) is 5.91 Å². The van der Waals surface area contributed by atoms with Gasteiger partial charge in [-0.1, -0.05) is 12.1 Å². The van der Waals surface area contributed by atoms with Gasteiger partial charge in [0, 0.05) is 11.6 Å². The smallest absolute Gasteiger partial charge is 0.269 e. The number of nitrogens with two attached hydrogens (primary N) is 2. The largest absolute Gasteiger partial charge is 0.397 e. The zero-order chi connectivity index (χ0) is 13.1. The van der Waals surface area contributed by atoms with Crippen molar-refractivity contribution in [1.82, 2.24) is 9.78 Å². The number of nitrogen functional groups attached to an aromatic ring is 1. The highest BCUT2D eigenvalue weighted by molar-refractivity contribution is 5.92. The molecule has 0 atom stereocenters. The fourth-order valence-electron chi connectivity index (χ4n) is 1.51. The van der Waals surface area contributed by atoms with Crippen LogP contribution in [0.1, 0.15) is 15.9 Å². The van der Waals surface area contributed by atoms with Crippen LogP contribution in [0.4, 0.5) is 5.69 Å². The molecule has 0 aliphatic heterocycles. The third kappa shape index (κ3) is 2.54. The zero-order valence-corrected chi connectivity index (χ0v) is 9.54. The molecule has 0 fully saturated rings. The Labute approximate surface area is 103 Å². The molecule has 1 amide bonds. The van der Waals surface area contributed by atoms with Gasteiger partial charge < -0.3 is 11.5 Å². The minimum Gasteiger partial charge on any atom is -0.397 e. The SMILES string of the molecule is NC(=O)c1ccc(Cn2ncc(N)cc2=O)cc1. The topological polar surface area (TPSA) is 104 Å². The quantitative estimate of drug-likeness (QED) is 0.791. The fraction of sp³-hybridized carbons (Fsp3) is 0.0833. The molecule has 92 valence electrons. The lowest BCUT2D eigenvalue weighted by molar-refractivity contribution is 0.100. The predicted octanol–water partition coefficient (Wildman–Crippen LogP) is -0.0273. The summed E-state index contributed by atoms with van der Waals surface area (Å²) < 4.78 is 1.29. The maximum Gasteiger partial charge on any atom is 0.269 e. The Bertz CT molecular complexity index is 631. The van der Waals surface area contributed by atoms with Crippen molar-refractivity contribution >= 4 is 11.6 Å². The second-order valence-corrected chi connectivity index (χ2v) is 3.85. The molecule has 1 aromatic carbocycles. The van der Waals surface area contributed by atoms with Crippen LogP contribution in [-0.2, 0) is 6.54 Å². The number of carbonyl (C=O) groups excluding carboxylic acids is 1. The number of nitrogens with zero attached hydrogens (tertiary/aromatic N) is 2. The molecule has 0 aliphatic rings. The van der Waals surface area contributed by atoms with Gasteiger partial charge in [-0.2, -0.15) is 5.10 Å². The minimum atomic E-state index is -0.482. The summed E-state index contributed by atoms with van der Waals surface area (Å²) in [6.45, 7) is 0.318. The van der Waals surface area contributed by atoms with Crippen molar-refractivity contribution in [2.45, 2.75) is 6.54 Å². The van der Waals surface area contributed by atoms with E-state index >= 15 is 0 Å². The molecular formula is C12H12N4O2. The lowest BCUT2D eigenvalue weighted by atomic mass is 10.1. The van der Waals surface area contributed by atoms with Gasteiger partial charge in [-0.25, -0.2) is 4.68 Å². The third-order valence-corrected chi connectivity index (χ3v) is 2.46. The van der Waals surface area contributed by atoms with Crippen LogP contribution in [0.25, 0.3) is 0 Å². The second-order valence-electron chi connectivity index (χ2n) is 3.85. The molecular weight excluding hydrogens is 232 g/mol. The molecule has 18 heavy (non-hydrogen) atoms. The summed E-state index contributed by atoms with van der Waals surface area (Å²) in [6, 6.07) is 7.99. The summed E-state index contributed by atoms with van der Waals surface area (Å²) >= 11 is 0. The predicted molar refractivity (Wildman–Crippen MR) is 67.0 cm³/mol. The third-order valence-electron chi connectivity index (χ3n) is 2.46. The van der Waals surface area contributed by atoms with Crippen LogP contribution in [0.15, 0.2) is 41.3 Å². The second kappa shape index (κ2) is 4.70. The molecule has 1 heterocycles. The molecule has 0 aliphatic carbocycles. The number of amides is 1. The average Bonchev–Trinajstić information content (AvgIpc) is 2.33. The summed E-state index contributed by atoms with van der Waals surface area (Å²) in [5, 5.41) is 3.92. The summed E-state index contributed by atoms with van der Waals surface area (Å²) in [7, 11) is 0. The van der Waals surface area contributed by atoms with Crippen molar-refractivity contribution in [3.63, 3.8) is 0 Å². The molecule has 6 nitrogen and oxygen atoms in total. The fourth-order valence-corrected chi connectivity index (χ4v) is 1.51. The number of anilines is 1. The van der Waals surface area contributed by atoms with Gasteiger partial charge in [-0.3, -0.25) is 9.59 Å². The van der Waals surface area contributed by atoms with Crippen LogP contribution in [0.5, 0.6) is 0 Å². The van der Waals surface area contributed by atoms with Gasteiger partial charge in [0.25, 0.3) is 5.56 Å². The molecule has 1 aromatic heterocycles. The Morgan fingerprint density at radius 2 is 1.94 bits per heavy atom. The van der Waals surface area contributed by atoms with E-state index in [1.54, 1.807) is 24.3 Å². The van der Waals surface area contributed by atoms with E-state index in [2.05, 4.69) is 5.10 Å². The van der Waals surface area contributed by atoms with Gasteiger partial charge in [0.15, 0.2) is 0 Å². The van der Waals surface area contributed by atoms with Crippen LogP contribution in [-0.4, -0.2) is 15.7 Å². The van der Waals surface area contributed by atoms with Crippen molar-refractivity contribution in [3.05, 3.63) is 58.0 Å². The molecule has 0 saturated heterocycles. The summed E-state index contributed by atoms with van der Waals surface area (Å²) in [5.41, 5.74) is 11.9. The molecule has 2 aromatic rings. The maximum atomic E-state index is 11.6. The number of primary amides is 1. The Balaban J connectivity index is 2.23. The number of carbonyl (C=O) groups is 1. The van der Waals surface area contributed by atoms with E-state index in [9.17, 15) is 9.59 Å². The highest BCUT2D eigenvalue weighted by Gasteiger charge is 2.02. The molecule has 4 N–H and O–H groups in total. The number of rotatable bonds is 3. The summed E-state index contributed by atoms with van der Waals surface area (Å²) in [5.74, 6) is -0.482. The van der Waals surface area contributed by atoms with Gasteiger partial charge >= 0.3 is 0 Å². The maximum absolute atomic E-state index is 11.6. The Kier molecular flexibility index (Phi) is 3.09. The molecule has 0 unspecified atom stereocenters. The van der Waals surface area contributed by atoms with Gasteiger partial charge in [0.05, 0.1) is 18.4 Å². The van der Waals surface area contributed by atoms with E-state index in [1.807, 2.05) is 0 Å². The first-order chi connectivity index (χ1) is 8.56. The van der Waals surface area contributed by atoms with E-state index in [1.165, 1.54) is 16.9 Å². The minimum absolute atomic E-state index is 0.269. The molecule has 6 heteroatoms. The lowest BCUT2D eigenvalue weighted by Gasteiger charge is -2.05. The van der Waals surface area contributed by atoms with E-state index < -0.39 is 5.91 Å². The Hall–Kier alpha value is -2.63. The first-order valence-corrected chi connectivity index (χ1v) is 5.27. The van der Waals surface area contributed by atoms with Crippen LogP contribution in [0, 0.1) is 0 Å². The van der Waals surface area contributed by atoms with Gasteiger partial charge in [-0.15, -0.1) is 0 Å². The lowest BCUT2D eigenvalue weighted by Crippen LogP contribution is -2.23.